The smallest absolute Gasteiger partial charge is 0.306 e. The zero-order valence-corrected chi connectivity index (χ0v) is 14.4. The zero-order valence-electron chi connectivity index (χ0n) is 12.8. The maximum Gasteiger partial charge on any atom is 0.324 e. The van der Waals surface area contributed by atoms with Crippen LogP contribution in [0.5, 0.6) is 0 Å². The fraction of sp³-hybridized carbons (Fsp3) is 0.333. The lowest BCUT2D eigenvalue weighted by Gasteiger charge is -2.16. The summed E-state index contributed by atoms with van der Waals surface area (Å²) in [5.74, 6) is 0.556. The number of nitrogens with zero attached hydrogens (tertiary/aromatic N) is 1. The molecule has 0 unspecified atom stereocenters. The van der Waals surface area contributed by atoms with E-state index in [-0.39, 0.29) is 5.41 Å². The molecule has 0 saturated carbocycles. The van der Waals surface area contributed by atoms with Crippen LogP contribution in [0.2, 0.25) is 10.0 Å². The Morgan fingerprint density at radius 1 is 1.23 bits per heavy atom. The van der Waals surface area contributed by atoms with Gasteiger partial charge >= 0.3 is 6.03 Å². The number of H-pyrrole nitrogens is 1. The first kappa shape index (κ1) is 16.6. The number of benzene rings is 1. The Hall–Kier alpha value is -1.72. The molecule has 2 amide bonds. The maximum atomic E-state index is 12.1. The molecular formula is C15H18Cl2N4O. The van der Waals surface area contributed by atoms with Gasteiger partial charge in [-0.1, -0.05) is 50.0 Å². The number of carbonyl (C=O) groups excluding carboxylic acids is 1. The van der Waals surface area contributed by atoms with Crippen molar-refractivity contribution in [3.8, 4) is 0 Å². The monoisotopic (exact) mass is 340 g/mol. The van der Waals surface area contributed by atoms with E-state index in [9.17, 15) is 4.79 Å². The van der Waals surface area contributed by atoms with E-state index in [1.54, 1.807) is 18.2 Å². The highest BCUT2D eigenvalue weighted by Gasteiger charge is 2.22. The number of rotatable bonds is 2. The predicted molar refractivity (Wildman–Crippen MR) is 91.1 cm³/mol. The number of hydrogen-bond donors (Lipinski definition) is 3. The van der Waals surface area contributed by atoms with Gasteiger partial charge in [-0.15, -0.1) is 0 Å². The molecule has 2 aromatic rings. The second kappa shape index (κ2) is 6.18. The molecule has 0 saturated heterocycles. The van der Waals surface area contributed by atoms with Crippen molar-refractivity contribution in [3.63, 3.8) is 0 Å². The highest BCUT2D eigenvalue weighted by molar-refractivity contribution is 6.44. The third kappa shape index (κ3) is 3.54. The lowest BCUT2D eigenvalue weighted by Crippen LogP contribution is -2.20. The molecular weight excluding hydrogens is 323 g/mol. The zero-order chi connectivity index (χ0) is 16.5. The minimum Gasteiger partial charge on any atom is -0.306 e. The Labute approximate surface area is 139 Å². The number of nitrogens with one attached hydrogen (secondary N) is 3. The van der Waals surface area contributed by atoms with Crippen LogP contribution in [0.25, 0.3) is 0 Å². The molecule has 1 aromatic carbocycles. The van der Waals surface area contributed by atoms with Crippen molar-refractivity contribution in [2.75, 3.05) is 10.6 Å². The summed E-state index contributed by atoms with van der Waals surface area (Å²) < 4.78 is 0. The minimum absolute atomic E-state index is 0.104. The van der Waals surface area contributed by atoms with Gasteiger partial charge in [0.15, 0.2) is 0 Å². The summed E-state index contributed by atoms with van der Waals surface area (Å²) in [6.45, 7) is 8.09. The first-order chi connectivity index (χ1) is 10.2. The number of aromatic amines is 1. The summed E-state index contributed by atoms with van der Waals surface area (Å²) in [5.41, 5.74) is 2.15. The third-order valence-electron chi connectivity index (χ3n) is 3.16. The molecule has 3 N–H and O–H groups in total. The normalized spacial score (nSPS) is 11.4. The SMILES string of the molecule is Cc1c(C(C)(C)C)n[nH]c1NC(=O)Nc1cccc(Cl)c1Cl. The predicted octanol–water partition coefficient (Wildman–Crippen LogP) is 4.97. The van der Waals surface area contributed by atoms with Crippen molar-refractivity contribution in [3.05, 3.63) is 39.5 Å². The van der Waals surface area contributed by atoms with Crippen LogP contribution in [-0.2, 0) is 5.41 Å². The fourth-order valence-electron chi connectivity index (χ4n) is 2.12. The molecule has 0 aliphatic heterocycles. The second-order valence-corrected chi connectivity index (χ2v) is 6.79. The van der Waals surface area contributed by atoms with Gasteiger partial charge in [-0.25, -0.2) is 4.79 Å². The molecule has 0 spiro atoms. The summed E-state index contributed by atoms with van der Waals surface area (Å²) in [7, 11) is 0. The van der Waals surface area contributed by atoms with Gasteiger partial charge in [-0.05, 0) is 19.1 Å². The first-order valence-corrected chi connectivity index (χ1v) is 7.53. The molecule has 118 valence electrons. The number of urea groups is 1. The molecule has 0 aliphatic rings. The number of anilines is 2. The standard InChI is InChI=1S/C15H18Cl2N4O/c1-8-12(15(2,3)4)20-21-13(8)19-14(22)18-10-7-5-6-9(16)11(10)17/h5-7H,1-4H3,(H3,18,19,20,21,22). The van der Waals surface area contributed by atoms with E-state index in [2.05, 4.69) is 41.6 Å². The Bertz CT molecular complexity index is 704. The first-order valence-electron chi connectivity index (χ1n) is 6.77. The topological polar surface area (TPSA) is 69.8 Å². The van der Waals surface area contributed by atoms with Crippen molar-refractivity contribution in [1.82, 2.24) is 10.2 Å². The van der Waals surface area contributed by atoms with Gasteiger partial charge in [0.25, 0.3) is 0 Å². The highest BCUT2D eigenvalue weighted by atomic mass is 35.5. The summed E-state index contributed by atoms with van der Waals surface area (Å²) in [4.78, 5) is 12.1. The van der Waals surface area contributed by atoms with Gasteiger partial charge < -0.3 is 5.32 Å². The molecule has 0 fully saturated rings. The number of aromatic nitrogens is 2. The Balaban J connectivity index is 2.13. The van der Waals surface area contributed by atoms with Gasteiger partial charge in [-0.3, -0.25) is 10.4 Å². The van der Waals surface area contributed by atoms with Crippen LogP contribution in [-0.4, -0.2) is 16.2 Å². The number of halogens is 2. The van der Waals surface area contributed by atoms with Crippen LogP contribution in [0.3, 0.4) is 0 Å². The maximum absolute atomic E-state index is 12.1. The average molecular weight is 341 g/mol. The van der Waals surface area contributed by atoms with E-state index in [0.29, 0.717) is 21.6 Å². The van der Waals surface area contributed by atoms with E-state index in [4.69, 9.17) is 23.2 Å². The summed E-state index contributed by atoms with van der Waals surface area (Å²) in [6, 6.07) is 4.62. The largest absolute Gasteiger partial charge is 0.324 e. The molecule has 1 heterocycles. The highest BCUT2D eigenvalue weighted by Crippen LogP contribution is 2.30. The Morgan fingerprint density at radius 3 is 2.50 bits per heavy atom. The van der Waals surface area contributed by atoms with Crippen LogP contribution in [0.4, 0.5) is 16.3 Å². The average Bonchev–Trinajstić information content (AvgIpc) is 2.76. The molecule has 2 rings (SSSR count). The van der Waals surface area contributed by atoms with Crippen molar-refractivity contribution in [2.24, 2.45) is 0 Å². The molecule has 7 heteroatoms. The quantitative estimate of drug-likeness (QED) is 0.722. The summed E-state index contributed by atoms with van der Waals surface area (Å²) >= 11 is 12.0. The molecule has 1 aromatic heterocycles. The van der Waals surface area contributed by atoms with E-state index < -0.39 is 6.03 Å². The third-order valence-corrected chi connectivity index (χ3v) is 3.98. The number of amides is 2. The number of carbonyl (C=O) groups is 1. The Morgan fingerprint density at radius 2 is 1.91 bits per heavy atom. The molecule has 0 aliphatic carbocycles. The van der Waals surface area contributed by atoms with Gasteiger partial charge in [-0.2, -0.15) is 5.10 Å². The summed E-state index contributed by atoms with van der Waals surface area (Å²) in [5, 5.41) is 13.2. The van der Waals surface area contributed by atoms with Crippen LogP contribution in [0, 0.1) is 6.92 Å². The second-order valence-electron chi connectivity index (χ2n) is 6.00. The van der Waals surface area contributed by atoms with Gasteiger partial charge in [0.05, 0.1) is 21.4 Å². The van der Waals surface area contributed by atoms with E-state index in [0.717, 1.165) is 11.3 Å². The molecule has 0 atom stereocenters. The molecule has 22 heavy (non-hydrogen) atoms. The molecule has 5 nitrogen and oxygen atoms in total. The van der Waals surface area contributed by atoms with Crippen molar-refractivity contribution in [2.45, 2.75) is 33.1 Å². The van der Waals surface area contributed by atoms with Crippen molar-refractivity contribution >= 4 is 40.7 Å². The Kier molecular flexibility index (Phi) is 4.68. The van der Waals surface area contributed by atoms with Gasteiger partial charge in [0.2, 0.25) is 0 Å². The van der Waals surface area contributed by atoms with Crippen LogP contribution >= 0.6 is 23.2 Å². The van der Waals surface area contributed by atoms with E-state index in [1.807, 2.05) is 6.92 Å². The fourth-order valence-corrected chi connectivity index (χ4v) is 2.47. The van der Waals surface area contributed by atoms with Crippen LogP contribution < -0.4 is 10.6 Å². The van der Waals surface area contributed by atoms with E-state index >= 15 is 0 Å². The lowest BCUT2D eigenvalue weighted by atomic mass is 9.90. The van der Waals surface area contributed by atoms with Crippen LogP contribution in [0.1, 0.15) is 32.0 Å². The summed E-state index contributed by atoms with van der Waals surface area (Å²) in [6.07, 6.45) is 0. The van der Waals surface area contributed by atoms with Crippen molar-refractivity contribution in [1.29, 1.82) is 0 Å². The minimum atomic E-state index is -0.420. The molecule has 0 radical (unpaired) electrons. The van der Waals surface area contributed by atoms with Crippen molar-refractivity contribution < 1.29 is 4.79 Å². The van der Waals surface area contributed by atoms with E-state index in [1.165, 1.54) is 0 Å². The lowest BCUT2D eigenvalue weighted by molar-refractivity contribution is 0.262. The van der Waals surface area contributed by atoms with Crippen LogP contribution in [0.15, 0.2) is 18.2 Å². The van der Waals surface area contributed by atoms with Gasteiger partial charge in [0.1, 0.15) is 5.82 Å². The number of hydrogen-bond acceptors (Lipinski definition) is 2. The van der Waals surface area contributed by atoms with Gasteiger partial charge in [0, 0.05) is 11.0 Å². The molecule has 0 bridgehead atoms.